The Morgan fingerprint density at radius 1 is 1.80 bits per heavy atom. The Bertz CT molecular complexity index is 148. The Morgan fingerprint density at radius 2 is 2.50 bits per heavy atom. The number of rotatable bonds is 4. The summed E-state index contributed by atoms with van der Waals surface area (Å²) in [5, 5.41) is 13.8. The zero-order chi connectivity index (χ0) is 7.82. The number of nitrogens with zero attached hydrogens (tertiary/aromatic N) is 1. The van der Waals surface area contributed by atoms with E-state index in [0.717, 1.165) is 0 Å². The molecule has 0 heterocycles. The molecule has 0 aliphatic carbocycles. The first-order chi connectivity index (χ1) is 4.81. The number of oxime groups is 1. The number of nitrogens with two attached hydrogens (primary N) is 1. The first-order valence-electron chi connectivity index (χ1n) is 2.92. The Morgan fingerprint density at radius 3 is 3.00 bits per heavy atom. The molecule has 0 amide bonds. The first kappa shape index (κ1) is 8.79. The van der Waals surface area contributed by atoms with Gasteiger partial charge in [-0.05, 0) is 0 Å². The van der Waals surface area contributed by atoms with Crippen molar-refractivity contribution in [3.05, 3.63) is 0 Å². The monoisotopic (exact) mass is 141 g/mol. The van der Waals surface area contributed by atoms with E-state index in [2.05, 4.69) is 16.4 Å². The van der Waals surface area contributed by atoms with Gasteiger partial charge in [-0.3, -0.25) is 0 Å². The van der Waals surface area contributed by atoms with E-state index in [1.807, 2.05) is 0 Å². The molecule has 0 spiro atoms. The van der Waals surface area contributed by atoms with Gasteiger partial charge in [-0.25, -0.2) is 0 Å². The average Bonchev–Trinajstić information content (AvgIpc) is 1.98. The van der Waals surface area contributed by atoms with Gasteiger partial charge in [-0.2, -0.15) is 0 Å². The largest absolute Gasteiger partial charge is 0.409 e. The van der Waals surface area contributed by atoms with Gasteiger partial charge in [-0.15, -0.1) is 6.42 Å². The number of hydrogen-bond acceptors (Lipinski definition) is 3. The number of terminal acetylenes is 1. The van der Waals surface area contributed by atoms with Crippen LogP contribution in [-0.2, 0) is 0 Å². The van der Waals surface area contributed by atoms with Crippen LogP contribution in [0.2, 0.25) is 0 Å². The van der Waals surface area contributed by atoms with Crippen molar-refractivity contribution >= 4 is 5.84 Å². The van der Waals surface area contributed by atoms with Crippen molar-refractivity contribution in [2.75, 3.05) is 13.1 Å². The van der Waals surface area contributed by atoms with Crippen LogP contribution in [0.15, 0.2) is 5.16 Å². The van der Waals surface area contributed by atoms with Crippen LogP contribution in [-0.4, -0.2) is 24.1 Å². The fourth-order valence-corrected chi connectivity index (χ4v) is 0.427. The summed E-state index contributed by atoms with van der Waals surface area (Å²) in [7, 11) is 0. The molecule has 4 heteroatoms. The summed E-state index contributed by atoms with van der Waals surface area (Å²) < 4.78 is 0. The summed E-state index contributed by atoms with van der Waals surface area (Å²) in [5.74, 6) is 2.62. The van der Waals surface area contributed by atoms with Crippen molar-refractivity contribution in [3.63, 3.8) is 0 Å². The third-order valence-electron chi connectivity index (χ3n) is 0.913. The smallest absolute Gasteiger partial charge is 0.140 e. The van der Waals surface area contributed by atoms with Crippen LogP contribution in [0, 0.1) is 12.3 Å². The predicted octanol–water partition coefficient (Wildman–Crippen LogP) is -0.654. The van der Waals surface area contributed by atoms with Crippen molar-refractivity contribution in [2.45, 2.75) is 6.42 Å². The third kappa shape index (κ3) is 4.94. The SMILES string of the molecule is C#CCNCCC(N)=NO. The summed E-state index contributed by atoms with van der Waals surface area (Å²) in [6.45, 7) is 1.15. The molecule has 56 valence electrons. The lowest BCUT2D eigenvalue weighted by Gasteiger charge is -1.97. The van der Waals surface area contributed by atoms with Gasteiger partial charge in [0.15, 0.2) is 0 Å². The summed E-state index contributed by atoms with van der Waals surface area (Å²) in [5.41, 5.74) is 5.16. The van der Waals surface area contributed by atoms with Crippen LogP contribution in [0.3, 0.4) is 0 Å². The van der Waals surface area contributed by atoms with Crippen molar-refractivity contribution in [1.29, 1.82) is 0 Å². The molecule has 0 aromatic rings. The molecule has 0 unspecified atom stereocenters. The normalized spacial score (nSPS) is 10.9. The van der Waals surface area contributed by atoms with E-state index in [-0.39, 0.29) is 5.84 Å². The van der Waals surface area contributed by atoms with Crippen LogP contribution in [0.1, 0.15) is 6.42 Å². The maximum atomic E-state index is 8.09. The molecule has 0 aromatic carbocycles. The van der Waals surface area contributed by atoms with Crippen LogP contribution in [0.25, 0.3) is 0 Å². The lowest BCUT2D eigenvalue weighted by molar-refractivity contribution is 0.317. The van der Waals surface area contributed by atoms with Gasteiger partial charge in [0.2, 0.25) is 0 Å². The molecule has 0 aliphatic heterocycles. The van der Waals surface area contributed by atoms with Crippen molar-refractivity contribution in [2.24, 2.45) is 10.9 Å². The highest BCUT2D eigenvalue weighted by Gasteiger charge is 1.89. The summed E-state index contributed by atoms with van der Waals surface area (Å²) in [6.07, 6.45) is 5.47. The van der Waals surface area contributed by atoms with E-state index in [0.29, 0.717) is 19.5 Å². The van der Waals surface area contributed by atoms with Crippen LogP contribution >= 0.6 is 0 Å². The molecule has 0 atom stereocenters. The highest BCUT2D eigenvalue weighted by atomic mass is 16.4. The van der Waals surface area contributed by atoms with Crippen LogP contribution < -0.4 is 11.1 Å². The molecule has 0 saturated heterocycles. The maximum Gasteiger partial charge on any atom is 0.140 e. The van der Waals surface area contributed by atoms with E-state index < -0.39 is 0 Å². The Balaban J connectivity index is 3.14. The van der Waals surface area contributed by atoms with Crippen LogP contribution in [0.5, 0.6) is 0 Å². The lowest BCUT2D eigenvalue weighted by atomic mass is 10.4. The third-order valence-corrected chi connectivity index (χ3v) is 0.913. The second-order valence-electron chi connectivity index (χ2n) is 1.72. The average molecular weight is 141 g/mol. The second-order valence-corrected chi connectivity index (χ2v) is 1.72. The fourth-order valence-electron chi connectivity index (χ4n) is 0.427. The van der Waals surface area contributed by atoms with Crippen molar-refractivity contribution < 1.29 is 5.21 Å². The molecule has 0 fully saturated rings. The Kier molecular flexibility index (Phi) is 5.20. The number of hydrogen-bond donors (Lipinski definition) is 3. The lowest BCUT2D eigenvalue weighted by Crippen LogP contribution is -2.22. The van der Waals surface area contributed by atoms with Crippen LogP contribution in [0.4, 0.5) is 0 Å². The van der Waals surface area contributed by atoms with Gasteiger partial charge in [0.25, 0.3) is 0 Å². The standard InChI is InChI=1S/C6H11N3O/c1-2-4-8-5-3-6(7)9-10/h1,8,10H,3-5H2,(H2,7,9). The number of amidine groups is 1. The van der Waals surface area contributed by atoms with E-state index in [1.165, 1.54) is 0 Å². The fraction of sp³-hybridized carbons (Fsp3) is 0.500. The summed E-state index contributed by atoms with van der Waals surface area (Å²) in [4.78, 5) is 0. The zero-order valence-corrected chi connectivity index (χ0v) is 5.67. The quantitative estimate of drug-likeness (QED) is 0.122. The molecule has 0 radical (unpaired) electrons. The molecule has 0 aromatic heterocycles. The van der Waals surface area contributed by atoms with Gasteiger partial charge >= 0.3 is 0 Å². The topological polar surface area (TPSA) is 70.6 Å². The van der Waals surface area contributed by atoms with E-state index in [9.17, 15) is 0 Å². The maximum absolute atomic E-state index is 8.09. The molecule has 0 aliphatic rings. The minimum absolute atomic E-state index is 0.213. The van der Waals surface area contributed by atoms with Gasteiger partial charge in [0, 0.05) is 13.0 Å². The highest BCUT2D eigenvalue weighted by Crippen LogP contribution is 1.74. The van der Waals surface area contributed by atoms with E-state index in [1.54, 1.807) is 0 Å². The Hall–Kier alpha value is -1.21. The molecule has 0 saturated carbocycles. The molecule has 0 bridgehead atoms. The molecule has 4 nitrogen and oxygen atoms in total. The molecular formula is C6H11N3O. The Labute approximate surface area is 60.1 Å². The van der Waals surface area contributed by atoms with Gasteiger partial charge in [0.1, 0.15) is 5.84 Å². The minimum Gasteiger partial charge on any atom is -0.409 e. The predicted molar refractivity (Wildman–Crippen MR) is 39.7 cm³/mol. The zero-order valence-electron chi connectivity index (χ0n) is 5.67. The molecule has 10 heavy (non-hydrogen) atoms. The summed E-state index contributed by atoms with van der Waals surface area (Å²) in [6, 6.07) is 0. The molecular weight excluding hydrogens is 130 g/mol. The van der Waals surface area contributed by atoms with Crippen molar-refractivity contribution in [1.82, 2.24) is 5.32 Å². The van der Waals surface area contributed by atoms with Gasteiger partial charge in [-0.1, -0.05) is 11.1 Å². The van der Waals surface area contributed by atoms with Gasteiger partial charge in [0.05, 0.1) is 6.54 Å². The molecule has 4 N–H and O–H groups in total. The van der Waals surface area contributed by atoms with E-state index >= 15 is 0 Å². The van der Waals surface area contributed by atoms with E-state index in [4.69, 9.17) is 17.4 Å². The molecule has 0 rings (SSSR count). The van der Waals surface area contributed by atoms with Crippen molar-refractivity contribution in [3.8, 4) is 12.3 Å². The first-order valence-corrected chi connectivity index (χ1v) is 2.92. The highest BCUT2D eigenvalue weighted by molar-refractivity contribution is 5.79. The van der Waals surface area contributed by atoms with Gasteiger partial charge < -0.3 is 16.3 Å². The number of nitrogens with one attached hydrogen (secondary N) is 1. The second kappa shape index (κ2) is 5.92. The summed E-state index contributed by atoms with van der Waals surface area (Å²) >= 11 is 0. The minimum atomic E-state index is 0.213.